The fourth-order valence-electron chi connectivity index (χ4n) is 3.10. The van der Waals surface area contributed by atoms with Crippen LogP contribution in [0.25, 0.3) is 22.3 Å². The van der Waals surface area contributed by atoms with E-state index < -0.39 is 37.2 Å². The lowest BCUT2D eigenvalue weighted by atomic mass is 10.2. The number of hydrogen-bond donors (Lipinski definition) is 0. The predicted molar refractivity (Wildman–Crippen MR) is 118 cm³/mol. The fourth-order valence-corrected chi connectivity index (χ4v) is 5.25. The van der Waals surface area contributed by atoms with Crippen LogP contribution in [-0.4, -0.2) is 17.4 Å². The van der Waals surface area contributed by atoms with Gasteiger partial charge < -0.3 is 0 Å². The summed E-state index contributed by atoms with van der Waals surface area (Å²) in [4.78, 5) is 16.7. The zero-order valence-corrected chi connectivity index (χ0v) is 18.9. The highest BCUT2D eigenvalue weighted by atomic mass is 79.9. The maximum atomic E-state index is 13.5. The van der Waals surface area contributed by atoms with Crippen LogP contribution < -0.4 is 5.56 Å². The highest BCUT2D eigenvalue weighted by molar-refractivity contribution is 9.10. The van der Waals surface area contributed by atoms with Crippen LogP contribution in [-0.2, 0) is 16.2 Å². The first-order chi connectivity index (χ1) is 15.0. The Balaban J connectivity index is 2.10. The molecule has 1 aromatic heterocycles. The molecular formula is C21H11BrClF3N2O3S. The van der Waals surface area contributed by atoms with Crippen molar-refractivity contribution < 1.29 is 21.6 Å². The summed E-state index contributed by atoms with van der Waals surface area (Å²) >= 11 is 9.25. The van der Waals surface area contributed by atoms with Gasteiger partial charge in [0, 0.05) is 10.0 Å². The minimum absolute atomic E-state index is 0.0139. The van der Waals surface area contributed by atoms with Gasteiger partial charge in [0.05, 0.1) is 21.5 Å². The zero-order chi connectivity index (χ0) is 23.3. The summed E-state index contributed by atoms with van der Waals surface area (Å²) in [7, 11) is -4.87. The van der Waals surface area contributed by atoms with Crippen molar-refractivity contribution in [2.24, 2.45) is 0 Å². The van der Waals surface area contributed by atoms with Crippen LogP contribution >= 0.6 is 27.5 Å². The van der Waals surface area contributed by atoms with Gasteiger partial charge in [-0.2, -0.15) is 17.1 Å². The SMILES string of the molecule is O=c1c2ccccc2nc(-c2ccc(Br)cc2)n1S(=O)(=O)c1cc(C(F)(F)F)ccc1Cl. The van der Waals surface area contributed by atoms with Crippen LogP contribution in [0.3, 0.4) is 0 Å². The standard InChI is InChI=1S/C21H11BrClF3N2O3S/c22-14-8-5-12(6-9-14)19-27-17-4-2-1-3-15(17)20(29)28(19)32(30,31)18-11-13(21(24,25)26)7-10-16(18)23/h1-11H. The Morgan fingerprint density at radius 1 is 0.969 bits per heavy atom. The average Bonchev–Trinajstić information content (AvgIpc) is 2.73. The van der Waals surface area contributed by atoms with Gasteiger partial charge in [-0.1, -0.05) is 51.8 Å². The van der Waals surface area contributed by atoms with E-state index in [2.05, 4.69) is 20.9 Å². The molecule has 0 aliphatic rings. The second-order valence-electron chi connectivity index (χ2n) is 6.68. The second-order valence-corrected chi connectivity index (χ2v) is 9.75. The van der Waals surface area contributed by atoms with Crippen molar-refractivity contribution in [2.45, 2.75) is 11.1 Å². The summed E-state index contributed by atoms with van der Waals surface area (Å²) in [6.07, 6.45) is -4.81. The van der Waals surface area contributed by atoms with Gasteiger partial charge >= 0.3 is 6.18 Å². The molecule has 0 fully saturated rings. The molecule has 0 amide bonds. The third-order valence-electron chi connectivity index (χ3n) is 4.62. The van der Waals surface area contributed by atoms with Crippen molar-refractivity contribution in [3.8, 4) is 11.4 Å². The molecule has 0 saturated heterocycles. The summed E-state index contributed by atoms with van der Waals surface area (Å²) in [5.74, 6) is -0.255. The van der Waals surface area contributed by atoms with E-state index in [0.717, 1.165) is 6.07 Å². The van der Waals surface area contributed by atoms with Gasteiger partial charge in [-0.05, 0) is 42.5 Å². The molecule has 11 heteroatoms. The highest BCUT2D eigenvalue weighted by Gasteiger charge is 2.34. The first-order valence-corrected chi connectivity index (χ1v) is 11.5. The van der Waals surface area contributed by atoms with Crippen molar-refractivity contribution in [3.63, 3.8) is 0 Å². The first-order valence-electron chi connectivity index (χ1n) is 8.90. The molecule has 0 spiro atoms. The normalized spacial score (nSPS) is 12.3. The Morgan fingerprint density at radius 2 is 1.62 bits per heavy atom. The molecule has 0 unspecified atom stereocenters. The van der Waals surface area contributed by atoms with Gasteiger partial charge in [-0.3, -0.25) is 4.79 Å². The van der Waals surface area contributed by atoms with Gasteiger partial charge in [-0.15, -0.1) is 0 Å². The molecule has 3 aromatic carbocycles. The van der Waals surface area contributed by atoms with Gasteiger partial charge in [-0.25, -0.2) is 13.4 Å². The molecule has 0 saturated carbocycles. The van der Waals surface area contributed by atoms with Crippen LogP contribution in [0.15, 0.2) is 80.9 Å². The van der Waals surface area contributed by atoms with E-state index in [1.54, 1.807) is 18.2 Å². The molecule has 4 rings (SSSR count). The lowest BCUT2D eigenvalue weighted by Crippen LogP contribution is -2.30. The van der Waals surface area contributed by atoms with E-state index in [9.17, 15) is 26.4 Å². The van der Waals surface area contributed by atoms with E-state index in [0.29, 0.717) is 20.6 Å². The summed E-state index contributed by atoms with van der Waals surface area (Å²) in [6.45, 7) is 0. The minimum atomic E-state index is -4.87. The largest absolute Gasteiger partial charge is 0.416 e. The molecule has 0 N–H and O–H groups in total. The van der Waals surface area contributed by atoms with E-state index in [1.165, 1.54) is 30.3 Å². The van der Waals surface area contributed by atoms with Crippen molar-refractivity contribution in [1.82, 2.24) is 8.96 Å². The van der Waals surface area contributed by atoms with Crippen LogP contribution in [0, 0.1) is 0 Å². The maximum Gasteiger partial charge on any atom is 0.416 e. The number of fused-ring (bicyclic) bond motifs is 1. The smallest absolute Gasteiger partial charge is 0.267 e. The van der Waals surface area contributed by atoms with E-state index in [4.69, 9.17) is 11.6 Å². The third kappa shape index (κ3) is 3.94. The number of alkyl halides is 3. The highest BCUT2D eigenvalue weighted by Crippen LogP contribution is 2.35. The van der Waals surface area contributed by atoms with E-state index >= 15 is 0 Å². The van der Waals surface area contributed by atoms with Crippen molar-refractivity contribution in [2.75, 3.05) is 0 Å². The number of aromatic nitrogens is 2. The number of rotatable bonds is 3. The number of nitrogens with zero attached hydrogens (tertiary/aromatic N) is 2. The van der Waals surface area contributed by atoms with Crippen molar-refractivity contribution in [1.29, 1.82) is 0 Å². The molecule has 32 heavy (non-hydrogen) atoms. The predicted octanol–water partition coefficient (Wildman–Crippen LogP) is 5.74. The molecule has 0 aliphatic heterocycles. The average molecular weight is 544 g/mol. The topological polar surface area (TPSA) is 69.0 Å². The summed E-state index contributed by atoms with van der Waals surface area (Å²) in [6, 6.07) is 14.3. The Bertz CT molecular complexity index is 1520. The van der Waals surface area contributed by atoms with E-state index in [-0.39, 0.29) is 22.3 Å². The van der Waals surface area contributed by atoms with Gasteiger partial charge in [0.1, 0.15) is 4.90 Å². The molecule has 0 radical (unpaired) electrons. The number of halogens is 5. The zero-order valence-electron chi connectivity index (χ0n) is 15.8. The summed E-state index contributed by atoms with van der Waals surface area (Å²) in [5, 5.41) is -0.472. The Kier molecular flexibility index (Phi) is 5.64. The van der Waals surface area contributed by atoms with Gasteiger partial charge in [0.25, 0.3) is 15.6 Å². The Morgan fingerprint density at radius 3 is 2.28 bits per heavy atom. The number of benzene rings is 3. The quantitative estimate of drug-likeness (QED) is 0.331. The Labute approximate surface area is 193 Å². The molecule has 0 bridgehead atoms. The molecule has 1 heterocycles. The fraction of sp³-hybridized carbons (Fsp3) is 0.0476. The van der Waals surface area contributed by atoms with Crippen LogP contribution in [0.1, 0.15) is 5.56 Å². The van der Waals surface area contributed by atoms with E-state index in [1.807, 2.05) is 0 Å². The van der Waals surface area contributed by atoms with Crippen LogP contribution in [0.2, 0.25) is 5.02 Å². The molecule has 5 nitrogen and oxygen atoms in total. The minimum Gasteiger partial charge on any atom is -0.267 e. The molecular weight excluding hydrogens is 533 g/mol. The number of hydrogen-bond acceptors (Lipinski definition) is 4. The maximum absolute atomic E-state index is 13.5. The van der Waals surface area contributed by atoms with Gasteiger partial charge in [0.15, 0.2) is 5.82 Å². The van der Waals surface area contributed by atoms with Gasteiger partial charge in [0.2, 0.25) is 0 Å². The number of para-hydroxylation sites is 1. The van der Waals surface area contributed by atoms with Crippen LogP contribution in [0.5, 0.6) is 0 Å². The van der Waals surface area contributed by atoms with Crippen LogP contribution in [0.4, 0.5) is 13.2 Å². The monoisotopic (exact) mass is 542 g/mol. The lowest BCUT2D eigenvalue weighted by Gasteiger charge is -2.16. The second kappa shape index (κ2) is 8.02. The van der Waals surface area contributed by atoms with Crippen molar-refractivity contribution >= 4 is 48.5 Å². The first kappa shape index (κ1) is 22.5. The molecule has 0 atom stereocenters. The third-order valence-corrected chi connectivity index (χ3v) is 7.30. The molecule has 0 aliphatic carbocycles. The van der Waals surface area contributed by atoms with Crippen molar-refractivity contribution in [3.05, 3.63) is 92.1 Å². The molecule has 164 valence electrons. The summed E-state index contributed by atoms with van der Waals surface area (Å²) in [5.41, 5.74) is -1.67. The summed E-state index contributed by atoms with van der Waals surface area (Å²) < 4.78 is 67.8. The lowest BCUT2D eigenvalue weighted by molar-refractivity contribution is -0.137. The molecule has 4 aromatic rings. The Hall–Kier alpha value is -2.69.